The molecule has 0 radical (unpaired) electrons. The van der Waals surface area contributed by atoms with Gasteiger partial charge in [-0.1, -0.05) is 27.7 Å². The first kappa shape index (κ1) is 11.9. The van der Waals surface area contributed by atoms with Crippen LogP contribution in [0.15, 0.2) is 18.2 Å². The Morgan fingerprint density at radius 3 is 2.40 bits per heavy atom. The summed E-state index contributed by atoms with van der Waals surface area (Å²) >= 11 is 0. The van der Waals surface area contributed by atoms with Gasteiger partial charge in [-0.2, -0.15) is 0 Å². The van der Waals surface area contributed by atoms with E-state index in [-0.39, 0.29) is 0 Å². The summed E-state index contributed by atoms with van der Waals surface area (Å²) in [6.45, 7) is 9.14. The van der Waals surface area contributed by atoms with E-state index in [4.69, 9.17) is 4.74 Å². The van der Waals surface area contributed by atoms with Gasteiger partial charge in [0.05, 0.1) is 6.61 Å². The highest BCUT2D eigenvalue weighted by molar-refractivity contribution is 5.41. The van der Waals surface area contributed by atoms with E-state index in [1.807, 2.05) is 6.07 Å². The lowest BCUT2D eigenvalue weighted by molar-refractivity contribution is 0.267. The van der Waals surface area contributed by atoms with E-state index in [1.165, 1.54) is 0 Å². The van der Waals surface area contributed by atoms with Gasteiger partial charge in [0.25, 0.3) is 0 Å². The first-order valence-electron chi connectivity index (χ1n) is 5.46. The predicted molar refractivity (Wildman–Crippen MR) is 62.5 cm³/mol. The molecule has 84 valence electrons. The molecule has 2 nitrogen and oxygen atoms in total. The van der Waals surface area contributed by atoms with Crippen molar-refractivity contribution in [3.63, 3.8) is 0 Å². The van der Waals surface area contributed by atoms with Gasteiger partial charge in [-0.25, -0.2) is 0 Å². The van der Waals surface area contributed by atoms with Crippen molar-refractivity contribution in [3.8, 4) is 11.5 Å². The van der Waals surface area contributed by atoms with Crippen LogP contribution >= 0.6 is 0 Å². The second-order valence-electron chi connectivity index (χ2n) is 4.58. The quantitative estimate of drug-likeness (QED) is 0.820. The first-order chi connectivity index (χ1) is 7.00. The van der Waals surface area contributed by atoms with Crippen LogP contribution in [-0.4, -0.2) is 11.7 Å². The molecule has 1 aromatic rings. The van der Waals surface area contributed by atoms with Crippen LogP contribution in [0.4, 0.5) is 0 Å². The molecule has 0 amide bonds. The van der Waals surface area contributed by atoms with Crippen LogP contribution in [0.3, 0.4) is 0 Å². The minimum atomic E-state index is 0.301. The lowest BCUT2D eigenvalue weighted by Gasteiger charge is -2.15. The fraction of sp³-hybridized carbons (Fsp3) is 0.538. The molecule has 0 aliphatic rings. The van der Waals surface area contributed by atoms with E-state index in [9.17, 15) is 5.11 Å². The number of hydrogen-bond donors (Lipinski definition) is 1. The van der Waals surface area contributed by atoms with Gasteiger partial charge < -0.3 is 9.84 Å². The minimum absolute atomic E-state index is 0.301. The summed E-state index contributed by atoms with van der Waals surface area (Å²) in [5.41, 5.74) is 1.07. The summed E-state index contributed by atoms with van der Waals surface area (Å²) in [5, 5.41) is 9.41. The molecule has 0 aliphatic carbocycles. The van der Waals surface area contributed by atoms with E-state index in [1.54, 1.807) is 12.1 Å². The molecule has 0 spiro atoms. The number of aromatic hydroxyl groups is 1. The third-order valence-electron chi connectivity index (χ3n) is 2.19. The van der Waals surface area contributed by atoms with E-state index in [0.717, 1.165) is 11.3 Å². The summed E-state index contributed by atoms with van der Waals surface area (Å²) < 4.78 is 5.70. The molecule has 2 heteroatoms. The van der Waals surface area contributed by atoms with Crippen molar-refractivity contribution < 1.29 is 9.84 Å². The molecule has 0 saturated carbocycles. The summed E-state index contributed by atoms with van der Waals surface area (Å²) in [6.07, 6.45) is 0. The van der Waals surface area contributed by atoms with Crippen molar-refractivity contribution in [2.24, 2.45) is 5.92 Å². The molecule has 15 heavy (non-hydrogen) atoms. The molecule has 0 aromatic heterocycles. The van der Waals surface area contributed by atoms with Crippen molar-refractivity contribution in [1.82, 2.24) is 0 Å². The van der Waals surface area contributed by atoms with E-state index >= 15 is 0 Å². The Labute approximate surface area is 91.9 Å². The lowest BCUT2D eigenvalue weighted by atomic mass is 10.0. The summed E-state index contributed by atoms with van der Waals surface area (Å²) in [5.74, 6) is 2.06. The van der Waals surface area contributed by atoms with E-state index in [2.05, 4.69) is 27.7 Å². The zero-order chi connectivity index (χ0) is 11.4. The highest BCUT2D eigenvalue weighted by Gasteiger charge is 2.09. The molecule has 0 saturated heterocycles. The number of ether oxygens (including phenoxy) is 1. The second-order valence-corrected chi connectivity index (χ2v) is 4.58. The number of phenolic OH excluding ortho intramolecular Hbond substituents is 1. The standard InChI is InChI=1S/C13H20O2/c1-9(2)8-15-13-6-5-11(14)7-12(13)10(3)4/h5-7,9-10,14H,8H2,1-4H3. The Morgan fingerprint density at radius 2 is 1.87 bits per heavy atom. The molecule has 0 aliphatic heterocycles. The molecular formula is C13H20O2. The van der Waals surface area contributed by atoms with Gasteiger partial charge >= 0.3 is 0 Å². The highest BCUT2D eigenvalue weighted by atomic mass is 16.5. The van der Waals surface area contributed by atoms with Crippen molar-refractivity contribution in [2.45, 2.75) is 33.6 Å². The van der Waals surface area contributed by atoms with E-state index in [0.29, 0.717) is 24.2 Å². The van der Waals surface area contributed by atoms with E-state index < -0.39 is 0 Å². The maximum Gasteiger partial charge on any atom is 0.123 e. The Morgan fingerprint density at radius 1 is 1.20 bits per heavy atom. The third-order valence-corrected chi connectivity index (χ3v) is 2.19. The topological polar surface area (TPSA) is 29.5 Å². The van der Waals surface area contributed by atoms with Gasteiger partial charge in [0.1, 0.15) is 11.5 Å². The molecule has 0 atom stereocenters. The predicted octanol–water partition coefficient (Wildman–Crippen LogP) is 3.55. The van der Waals surface area contributed by atoms with Gasteiger partial charge in [-0.3, -0.25) is 0 Å². The molecular weight excluding hydrogens is 188 g/mol. The lowest BCUT2D eigenvalue weighted by Crippen LogP contribution is -2.06. The average Bonchev–Trinajstić information content (AvgIpc) is 2.15. The fourth-order valence-corrected chi connectivity index (χ4v) is 1.37. The summed E-state index contributed by atoms with van der Waals surface area (Å²) in [7, 11) is 0. The zero-order valence-electron chi connectivity index (χ0n) is 9.95. The van der Waals surface area contributed by atoms with Crippen LogP contribution in [0.1, 0.15) is 39.2 Å². The Balaban J connectivity index is 2.86. The molecule has 0 unspecified atom stereocenters. The highest BCUT2D eigenvalue weighted by Crippen LogP contribution is 2.30. The van der Waals surface area contributed by atoms with Crippen molar-refractivity contribution in [3.05, 3.63) is 23.8 Å². The van der Waals surface area contributed by atoms with Gasteiger partial charge in [-0.15, -0.1) is 0 Å². The molecule has 1 aromatic carbocycles. The average molecular weight is 208 g/mol. The van der Waals surface area contributed by atoms with Crippen LogP contribution in [0.2, 0.25) is 0 Å². The third kappa shape index (κ3) is 3.46. The minimum Gasteiger partial charge on any atom is -0.508 e. The van der Waals surface area contributed by atoms with Crippen LogP contribution in [-0.2, 0) is 0 Å². The van der Waals surface area contributed by atoms with Gasteiger partial charge in [0.2, 0.25) is 0 Å². The van der Waals surface area contributed by atoms with Crippen molar-refractivity contribution in [1.29, 1.82) is 0 Å². The summed E-state index contributed by atoms with van der Waals surface area (Å²) in [4.78, 5) is 0. The van der Waals surface area contributed by atoms with Crippen molar-refractivity contribution >= 4 is 0 Å². The fourth-order valence-electron chi connectivity index (χ4n) is 1.37. The summed E-state index contributed by atoms with van der Waals surface area (Å²) in [6, 6.07) is 5.29. The van der Waals surface area contributed by atoms with Gasteiger partial charge in [-0.05, 0) is 30.0 Å². The smallest absolute Gasteiger partial charge is 0.123 e. The van der Waals surface area contributed by atoms with Crippen molar-refractivity contribution in [2.75, 3.05) is 6.61 Å². The molecule has 1 rings (SSSR count). The van der Waals surface area contributed by atoms with Crippen LogP contribution < -0.4 is 4.74 Å². The molecule has 1 N–H and O–H groups in total. The van der Waals surface area contributed by atoms with Crippen LogP contribution in [0.25, 0.3) is 0 Å². The second kappa shape index (κ2) is 5.06. The molecule has 0 bridgehead atoms. The molecule has 0 fully saturated rings. The van der Waals surface area contributed by atoms with Gasteiger partial charge in [0, 0.05) is 5.56 Å². The number of hydrogen-bond acceptors (Lipinski definition) is 2. The maximum absolute atomic E-state index is 9.41. The first-order valence-corrected chi connectivity index (χ1v) is 5.46. The Bertz CT molecular complexity index is 316. The number of phenols is 1. The van der Waals surface area contributed by atoms with Crippen LogP contribution in [0.5, 0.6) is 11.5 Å². The zero-order valence-corrected chi connectivity index (χ0v) is 9.95. The maximum atomic E-state index is 9.41. The number of benzene rings is 1. The SMILES string of the molecule is CC(C)COc1ccc(O)cc1C(C)C. The number of rotatable bonds is 4. The monoisotopic (exact) mass is 208 g/mol. The normalized spacial score (nSPS) is 11.1. The van der Waals surface area contributed by atoms with Crippen LogP contribution in [0, 0.1) is 5.92 Å². The molecule has 0 heterocycles. The Kier molecular flexibility index (Phi) is 4.01. The Hall–Kier alpha value is -1.18. The largest absolute Gasteiger partial charge is 0.508 e. The van der Waals surface area contributed by atoms with Gasteiger partial charge in [0.15, 0.2) is 0 Å².